The summed E-state index contributed by atoms with van der Waals surface area (Å²) < 4.78 is 27.6. The van der Waals surface area contributed by atoms with Gasteiger partial charge in [0, 0.05) is 24.3 Å². The third kappa shape index (κ3) is 6.11. The zero-order valence-electron chi connectivity index (χ0n) is 18.5. The summed E-state index contributed by atoms with van der Waals surface area (Å²) in [4.78, 5) is 23.5. The second-order valence-corrected chi connectivity index (χ2v) is 10.3. The van der Waals surface area contributed by atoms with Gasteiger partial charge in [-0.3, -0.25) is 14.9 Å². The predicted octanol–water partition coefficient (Wildman–Crippen LogP) is 4.46. The summed E-state index contributed by atoms with van der Waals surface area (Å²) in [5, 5.41) is 13.9. The first-order valence-corrected chi connectivity index (χ1v) is 11.5. The highest BCUT2D eigenvalue weighted by molar-refractivity contribution is 7.89. The molecule has 0 unspecified atom stereocenters. The molecular formula is C22H29N3O5S. The van der Waals surface area contributed by atoms with E-state index in [1.165, 1.54) is 34.6 Å². The van der Waals surface area contributed by atoms with E-state index in [1.54, 1.807) is 19.1 Å². The van der Waals surface area contributed by atoms with Crippen molar-refractivity contribution in [3.8, 4) is 0 Å². The topological polar surface area (TPSA) is 110 Å². The molecular weight excluding hydrogens is 418 g/mol. The Bertz CT molecular complexity index is 1040. The molecule has 0 heterocycles. The highest BCUT2D eigenvalue weighted by atomic mass is 32.2. The molecule has 31 heavy (non-hydrogen) atoms. The number of nitro benzene ring substituents is 1. The number of benzene rings is 2. The van der Waals surface area contributed by atoms with Gasteiger partial charge in [-0.05, 0) is 49.1 Å². The summed E-state index contributed by atoms with van der Waals surface area (Å²) in [6.07, 6.45) is 0. The van der Waals surface area contributed by atoms with Gasteiger partial charge in [0.25, 0.3) is 11.6 Å². The quantitative estimate of drug-likeness (QED) is 0.451. The van der Waals surface area contributed by atoms with Gasteiger partial charge in [0.15, 0.2) is 0 Å². The molecule has 0 aliphatic rings. The van der Waals surface area contributed by atoms with E-state index in [9.17, 15) is 23.3 Å². The van der Waals surface area contributed by atoms with Gasteiger partial charge in [-0.1, -0.05) is 39.8 Å². The Morgan fingerprint density at radius 2 is 1.58 bits per heavy atom. The van der Waals surface area contributed by atoms with E-state index in [-0.39, 0.29) is 28.0 Å². The Labute approximate surface area is 183 Å². The number of para-hydroxylation sites is 1. The van der Waals surface area contributed by atoms with E-state index in [1.807, 2.05) is 27.7 Å². The maximum atomic E-state index is 13.1. The third-order valence-corrected chi connectivity index (χ3v) is 6.40. The smallest absolute Gasteiger partial charge is 0.285 e. The lowest BCUT2D eigenvalue weighted by Crippen LogP contribution is -2.37. The van der Waals surface area contributed by atoms with Crippen LogP contribution >= 0.6 is 0 Å². The fourth-order valence-corrected chi connectivity index (χ4v) is 4.99. The van der Waals surface area contributed by atoms with Crippen LogP contribution in [-0.2, 0) is 10.0 Å². The molecule has 0 aromatic heterocycles. The Morgan fingerprint density at radius 3 is 2.06 bits per heavy atom. The number of nitrogens with one attached hydrogen (secondary N) is 1. The number of nitro groups is 1. The van der Waals surface area contributed by atoms with Gasteiger partial charge in [0.05, 0.1) is 9.82 Å². The van der Waals surface area contributed by atoms with Gasteiger partial charge >= 0.3 is 0 Å². The number of nitrogens with zero attached hydrogens (tertiary/aromatic N) is 2. The van der Waals surface area contributed by atoms with Gasteiger partial charge in [0.1, 0.15) is 5.56 Å². The number of carbonyl (C=O) groups excluding carboxylic acids is 1. The maximum absolute atomic E-state index is 13.1. The molecule has 0 aliphatic heterocycles. The summed E-state index contributed by atoms with van der Waals surface area (Å²) in [5.41, 5.74) is 0.424. The molecule has 168 valence electrons. The van der Waals surface area contributed by atoms with Crippen LogP contribution in [-0.4, -0.2) is 36.6 Å². The van der Waals surface area contributed by atoms with Crippen molar-refractivity contribution in [2.24, 2.45) is 11.8 Å². The van der Waals surface area contributed by atoms with Crippen molar-refractivity contribution in [1.29, 1.82) is 0 Å². The van der Waals surface area contributed by atoms with Crippen LogP contribution < -0.4 is 5.32 Å². The molecule has 0 saturated heterocycles. The van der Waals surface area contributed by atoms with Crippen molar-refractivity contribution in [3.05, 3.63) is 63.7 Å². The molecule has 8 nitrogen and oxygen atoms in total. The van der Waals surface area contributed by atoms with Gasteiger partial charge < -0.3 is 5.32 Å². The van der Waals surface area contributed by atoms with E-state index < -0.39 is 20.9 Å². The van der Waals surface area contributed by atoms with E-state index in [4.69, 9.17) is 0 Å². The summed E-state index contributed by atoms with van der Waals surface area (Å²) in [6.45, 7) is 10.2. The van der Waals surface area contributed by atoms with Crippen LogP contribution in [0, 0.1) is 28.9 Å². The molecule has 2 rings (SSSR count). The molecule has 0 fully saturated rings. The van der Waals surface area contributed by atoms with Crippen LogP contribution in [0.4, 0.5) is 11.4 Å². The van der Waals surface area contributed by atoms with Crippen molar-refractivity contribution < 1.29 is 18.1 Å². The predicted molar refractivity (Wildman–Crippen MR) is 121 cm³/mol. The zero-order valence-corrected chi connectivity index (χ0v) is 19.3. The first kappa shape index (κ1) is 24.5. The minimum absolute atomic E-state index is 0.0539. The van der Waals surface area contributed by atoms with Crippen LogP contribution in [0.5, 0.6) is 0 Å². The van der Waals surface area contributed by atoms with Gasteiger partial charge in [-0.2, -0.15) is 4.31 Å². The van der Waals surface area contributed by atoms with E-state index in [0.717, 1.165) is 0 Å². The number of rotatable bonds is 9. The lowest BCUT2D eigenvalue weighted by Gasteiger charge is -2.25. The standard InChI is InChI=1S/C22H29N3O5S/c1-15(2)13-24(14-16(3)4)31(29,30)19-11-9-18(10-12-19)23-22(26)20-8-6-7-17(5)21(20)25(27)28/h6-12,15-16H,13-14H2,1-5H3,(H,23,26). The number of sulfonamides is 1. The van der Waals surface area contributed by atoms with Gasteiger partial charge in [-0.15, -0.1) is 0 Å². The number of amides is 1. The van der Waals surface area contributed by atoms with Crippen LogP contribution in [0.15, 0.2) is 47.4 Å². The van der Waals surface area contributed by atoms with Crippen molar-refractivity contribution in [1.82, 2.24) is 4.31 Å². The molecule has 2 aromatic rings. The van der Waals surface area contributed by atoms with Crippen LogP contribution in [0.1, 0.15) is 43.6 Å². The number of carbonyl (C=O) groups is 1. The first-order valence-electron chi connectivity index (χ1n) is 10.1. The minimum Gasteiger partial charge on any atom is -0.322 e. The Kier molecular flexibility index (Phi) is 7.91. The second-order valence-electron chi connectivity index (χ2n) is 8.32. The summed E-state index contributed by atoms with van der Waals surface area (Å²) in [6, 6.07) is 10.4. The SMILES string of the molecule is Cc1cccc(C(=O)Nc2ccc(S(=O)(=O)N(CC(C)C)CC(C)C)cc2)c1[N+](=O)[O-]. The first-order chi connectivity index (χ1) is 14.4. The molecule has 9 heteroatoms. The number of hydrogen-bond donors (Lipinski definition) is 1. The summed E-state index contributed by atoms with van der Waals surface area (Å²) in [5.74, 6) is -0.276. The lowest BCUT2D eigenvalue weighted by atomic mass is 10.1. The molecule has 1 N–H and O–H groups in total. The molecule has 0 saturated carbocycles. The molecule has 1 amide bonds. The number of anilines is 1. The fraction of sp³-hybridized carbons (Fsp3) is 0.409. The van der Waals surface area contributed by atoms with Crippen molar-refractivity contribution in [2.45, 2.75) is 39.5 Å². The largest absolute Gasteiger partial charge is 0.322 e. The third-order valence-electron chi connectivity index (χ3n) is 4.55. The minimum atomic E-state index is -3.68. The lowest BCUT2D eigenvalue weighted by molar-refractivity contribution is -0.385. The fourth-order valence-electron chi connectivity index (χ4n) is 3.23. The highest BCUT2D eigenvalue weighted by Crippen LogP contribution is 2.25. The van der Waals surface area contributed by atoms with Crippen molar-refractivity contribution in [2.75, 3.05) is 18.4 Å². The average molecular weight is 448 g/mol. The van der Waals surface area contributed by atoms with E-state index in [2.05, 4.69) is 5.32 Å². The van der Waals surface area contributed by atoms with E-state index >= 15 is 0 Å². The Hall–Kier alpha value is -2.78. The van der Waals surface area contributed by atoms with Crippen molar-refractivity contribution >= 4 is 27.3 Å². The summed E-state index contributed by atoms with van der Waals surface area (Å²) >= 11 is 0. The molecule has 0 atom stereocenters. The van der Waals surface area contributed by atoms with Crippen LogP contribution in [0.3, 0.4) is 0 Å². The van der Waals surface area contributed by atoms with Crippen molar-refractivity contribution in [3.63, 3.8) is 0 Å². The second kappa shape index (κ2) is 10.0. The van der Waals surface area contributed by atoms with Gasteiger partial charge in [0.2, 0.25) is 10.0 Å². The molecule has 0 spiro atoms. The Morgan fingerprint density at radius 1 is 1.03 bits per heavy atom. The Balaban J connectivity index is 2.26. The number of aryl methyl sites for hydroxylation is 1. The van der Waals surface area contributed by atoms with Crippen LogP contribution in [0.25, 0.3) is 0 Å². The maximum Gasteiger partial charge on any atom is 0.285 e. The molecule has 0 aliphatic carbocycles. The van der Waals surface area contributed by atoms with Gasteiger partial charge in [-0.25, -0.2) is 8.42 Å². The average Bonchev–Trinajstić information content (AvgIpc) is 2.66. The normalized spacial score (nSPS) is 11.9. The molecule has 2 aromatic carbocycles. The highest BCUT2D eigenvalue weighted by Gasteiger charge is 2.26. The summed E-state index contributed by atoms with van der Waals surface area (Å²) in [7, 11) is -3.68. The number of hydrogen-bond acceptors (Lipinski definition) is 5. The zero-order chi connectivity index (χ0) is 23.3. The molecule has 0 radical (unpaired) electrons. The van der Waals surface area contributed by atoms with Crippen LogP contribution in [0.2, 0.25) is 0 Å². The molecule has 0 bridgehead atoms. The monoisotopic (exact) mass is 447 g/mol. The van der Waals surface area contributed by atoms with E-state index in [0.29, 0.717) is 24.3 Å².